The third-order valence-electron chi connectivity index (χ3n) is 2.19. The van der Waals surface area contributed by atoms with Crippen LogP contribution in [-0.2, 0) is 14.3 Å². The molecule has 80 valence electrons. The van der Waals surface area contributed by atoms with E-state index in [1.165, 1.54) is 0 Å². The Balaban J connectivity index is 2.30. The fourth-order valence-corrected chi connectivity index (χ4v) is 1.59. The SMILES string of the molecule is CSC(C)CCN1CC(=O)OC(=O)C1. The van der Waals surface area contributed by atoms with Crippen molar-refractivity contribution >= 4 is 23.7 Å². The highest BCUT2D eigenvalue weighted by molar-refractivity contribution is 7.99. The summed E-state index contributed by atoms with van der Waals surface area (Å²) >= 11 is 1.79. The lowest BCUT2D eigenvalue weighted by atomic mass is 10.3. The van der Waals surface area contributed by atoms with E-state index >= 15 is 0 Å². The molecular formula is C9H15NO3S. The summed E-state index contributed by atoms with van der Waals surface area (Å²) in [6, 6.07) is 0. The van der Waals surface area contributed by atoms with Crippen LogP contribution in [0.3, 0.4) is 0 Å². The molecule has 0 spiro atoms. The number of carbonyl (C=O) groups excluding carboxylic acids is 2. The Hall–Kier alpha value is -0.550. The smallest absolute Gasteiger partial charge is 0.327 e. The maximum Gasteiger partial charge on any atom is 0.327 e. The molecule has 1 aliphatic heterocycles. The zero-order chi connectivity index (χ0) is 10.6. The van der Waals surface area contributed by atoms with E-state index in [0.717, 1.165) is 13.0 Å². The summed E-state index contributed by atoms with van der Waals surface area (Å²) < 4.78 is 4.42. The van der Waals surface area contributed by atoms with E-state index in [9.17, 15) is 9.59 Å². The first kappa shape index (κ1) is 11.5. The van der Waals surface area contributed by atoms with Gasteiger partial charge in [0.2, 0.25) is 0 Å². The Morgan fingerprint density at radius 3 is 2.50 bits per heavy atom. The Morgan fingerprint density at radius 1 is 1.43 bits per heavy atom. The molecule has 1 fully saturated rings. The van der Waals surface area contributed by atoms with Crippen molar-refractivity contribution in [2.75, 3.05) is 25.9 Å². The largest absolute Gasteiger partial charge is 0.391 e. The molecule has 1 atom stereocenters. The van der Waals surface area contributed by atoms with Gasteiger partial charge in [-0.25, -0.2) is 0 Å². The Kier molecular flexibility index (Phi) is 4.41. The molecule has 1 heterocycles. The van der Waals surface area contributed by atoms with Gasteiger partial charge in [-0.1, -0.05) is 6.92 Å². The number of thioether (sulfide) groups is 1. The second-order valence-electron chi connectivity index (χ2n) is 3.39. The summed E-state index contributed by atoms with van der Waals surface area (Å²) in [6.07, 6.45) is 3.04. The molecule has 0 aromatic heterocycles. The number of hydrogen-bond acceptors (Lipinski definition) is 5. The van der Waals surface area contributed by atoms with E-state index in [0.29, 0.717) is 5.25 Å². The molecule has 0 bridgehead atoms. The second-order valence-corrected chi connectivity index (χ2v) is 4.67. The molecule has 4 nitrogen and oxygen atoms in total. The highest BCUT2D eigenvalue weighted by Gasteiger charge is 2.24. The first-order valence-corrected chi connectivity index (χ1v) is 5.89. The molecule has 1 saturated heterocycles. The topological polar surface area (TPSA) is 46.6 Å². The molecule has 1 unspecified atom stereocenters. The van der Waals surface area contributed by atoms with Gasteiger partial charge in [0.15, 0.2) is 0 Å². The predicted molar refractivity (Wildman–Crippen MR) is 55.1 cm³/mol. The average molecular weight is 217 g/mol. The van der Waals surface area contributed by atoms with Gasteiger partial charge < -0.3 is 4.74 Å². The molecule has 0 N–H and O–H groups in total. The number of rotatable bonds is 4. The van der Waals surface area contributed by atoms with Crippen LogP contribution in [0.1, 0.15) is 13.3 Å². The standard InChI is InChI=1S/C9H15NO3S/c1-7(14-2)3-4-10-5-8(11)13-9(12)6-10/h7H,3-6H2,1-2H3. The van der Waals surface area contributed by atoms with Gasteiger partial charge in [-0.05, 0) is 12.7 Å². The molecule has 0 amide bonds. The van der Waals surface area contributed by atoms with Crippen molar-refractivity contribution in [2.45, 2.75) is 18.6 Å². The number of ether oxygens (including phenoxy) is 1. The van der Waals surface area contributed by atoms with Crippen LogP contribution >= 0.6 is 11.8 Å². The summed E-state index contributed by atoms with van der Waals surface area (Å²) in [5.74, 6) is -0.865. The van der Waals surface area contributed by atoms with Gasteiger partial charge in [0.1, 0.15) is 0 Å². The van der Waals surface area contributed by atoms with Gasteiger partial charge in [-0.3, -0.25) is 14.5 Å². The lowest BCUT2D eigenvalue weighted by Crippen LogP contribution is -2.43. The predicted octanol–water partition coefficient (Wildman–Crippen LogP) is 0.513. The van der Waals surface area contributed by atoms with Crippen LogP contribution in [0.15, 0.2) is 0 Å². The van der Waals surface area contributed by atoms with E-state index in [2.05, 4.69) is 17.9 Å². The number of esters is 2. The third-order valence-corrected chi connectivity index (χ3v) is 3.23. The van der Waals surface area contributed by atoms with Crippen LogP contribution < -0.4 is 0 Å². The van der Waals surface area contributed by atoms with Crippen molar-refractivity contribution in [3.8, 4) is 0 Å². The number of nitrogens with zero attached hydrogens (tertiary/aromatic N) is 1. The number of carbonyl (C=O) groups is 2. The molecule has 0 aromatic carbocycles. The van der Waals surface area contributed by atoms with Gasteiger partial charge in [-0.15, -0.1) is 0 Å². The summed E-state index contributed by atoms with van der Waals surface area (Å²) in [5.41, 5.74) is 0. The average Bonchev–Trinajstić information content (AvgIpc) is 2.12. The molecule has 0 aromatic rings. The summed E-state index contributed by atoms with van der Waals surface area (Å²) in [6.45, 7) is 3.40. The molecule has 0 saturated carbocycles. The van der Waals surface area contributed by atoms with E-state index in [1.54, 1.807) is 11.8 Å². The maximum absolute atomic E-state index is 10.9. The Labute approximate surface area is 88.0 Å². The number of hydrogen-bond donors (Lipinski definition) is 0. The normalized spacial score (nSPS) is 20.7. The van der Waals surface area contributed by atoms with Crippen LogP contribution in [-0.4, -0.2) is 48.0 Å². The minimum atomic E-state index is -0.432. The van der Waals surface area contributed by atoms with Crippen molar-refractivity contribution in [3.05, 3.63) is 0 Å². The minimum Gasteiger partial charge on any atom is -0.391 e. The van der Waals surface area contributed by atoms with E-state index < -0.39 is 11.9 Å². The number of morpholine rings is 1. The fraction of sp³-hybridized carbons (Fsp3) is 0.778. The molecule has 0 aliphatic carbocycles. The Morgan fingerprint density at radius 2 is 2.00 bits per heavy atom. The highest BCUT2D eigenvalue weighted by atomic mass is 32.2. The van der Waals surface area contributed by atoms with Gasteiger partial charge in [-0.2, -0.15) is 11.8 Å². The lowest BCUT2D eigenvalue weighted by Gasteiger charge is -2.24. The fourth-order valence-electron chi connectivity index (χ4n) is 1.25. The quantitative estimate of drug-likeness (QED) is 0.507. The summed E-state index contributed by atoms with van der Waals surface area (Å²) in [4.78, 5) is 23.7. The zero-order valence-electron chi connectivity index (χ0n) is 8.49. The maximum atomic E-state index is 10.9. The van der Waals surface area contributed by atoms with Crippen LogP contribution in [0.2, 0.25) is 0 Å². The van der Waals surface area contributed by atoms with E-state index in [-0.39, 0.29) is 13.1 Å². The van der Waals surface area contributed by atoms with Gasteiger partial charge >= 0.3 is 11.9 Å². The van der Waals surface area contributed by atoms with Crippen LogP contribution in [0.4, 0.5) is 0 Å². The molecule has 1 aliphatic rings. The highest BCUT2D eigenvalue weighted by Crippen LogP contribution is 2.11. The second kappa shape index (κ2) is 5.36. The van der Waals surface area contributed by atoms with Crippen molar-refractivity contribution in [1.82, 2.24) is 4.90 Å². The van der Waals surface area contributed by atoms with Gasteiger partial charge in [0.05, 0.1) is 13.1 Å². The minimum absolute atomic E-state index is 0.243. The first-order chi connectivity index (χ1) is 6.61. The first-order valence-electron chi connectivity index (χ1n) is 4.60. The van der Waals surface area contributed by atoms with Crippen LogP contribution in [0.5, 0.6) is 0 Å². The van der Waals surface area contributed by atoms with Crippen LogP contribution in [0, 0.1) is 0 Å². The van der Waals surface area contributed by atoms with Crippen molar-refractivity contribution in [3.63, 3.8) is 0 Å². The van der Waals surface area contributed by atoms with Crippen LogP contribution in [0.25, 0.3) is 0 Å². The summed E-state index contributed by atoms with van der Waals surface area (Å²) in [7, 11) is 0. The van der Waals surface area contributed by atoms with Crippen molar-refractivity contribution < 1.29 is 14.3 Å². The molecule has 5 heteroatoms. The van der Waals surface area contributed by atoms with Gasteiger partial charge in [0.25, 0.3) is 0 Å². The third kappa shape index (κ3) is 3.67. The van der Waals surface area contributed by atoms with Crippen molar-refractivity contribution in [2.24, 2.45) is 0 Å². The molecule has 0 radical (unpaired) electrons. The summed E-state index contributed by atoms with van der Waals surface area (Å²) in [5, 5.41) is 0.558. The molecule has 14 heavy (non-hydrogen) atoms. The molecular weight excluding hydrogens is 202 g/mol. The Bertz CT molecular complexity index is 216. The lowest BCUT2D eigenvalue weighted by molar-refractivity contribution is -0.166. The van der Waals surface area contributed by atoms with E-state index in [1.807, 2.05) is 4.90 Å². The zero-order valence-corrected chi connectivity index (χ0v) is 9.30. The van der Waals surface area contributed by atoms with Crippen molar-refractivity contribution in [1.29, 1.82) is 0 Å². The monoisotopic (exact) mass is 217 g/mol. The number of cyclic esters (lactones) is 2. The molecule has 1 rings (SSSR count). The van der Waals surface area contributed by atoms with E-state index in [4.69, 9.17) is 0 Å². The van der Waals surface area contributed by atoms with Gasteiger partial charge in [0, 0.05) is 11.8 Å².